The van der Waals surface area contributed by atoms with Gasteiger partial charge in [-0.3, -0.25) is 0 Å². The second-order valence-electron chi connectivity index (χ2n) is 6.47. The van der Waals surface area contributed by atoms with Crippen LogP contribution in [0.1, 0.15) is 11.7 Å². The summed E-state index contributed by atoms with van der Waals surface area (Å²) in [6.07, 6.45) is 4.41. The van der Waals surface area contributed by atoms with Gasteiger partial charge < -0.3 is 20.1 Å². The van der Waals surface area contributed by atoms with Crippen LogP contribution in [0, 0.1) is 0 Å². The highest BCUT2D eigenvalue weighted by atomic mass is 16.5. The van der Waals surface area contributed by atoms with Crippen molar-refractivity contribution in [1.29, 1.82) is 0 Å². The summed E-state index contributed by atoms with van der Waals surface area (Å²) in [5, 5.41) is 13.4. The molecule has 1 saturated heterocycles. The third kappa shape index (κ3) is 4.41. The molecule has 0 bridgehead atoms. The van der Waals surface area contributed by atoms with Crippen LogP contribution in [0.2, 0.25) is 0 Å². The van der Waals surface area contributed by atoms with E-state index in [1.807, 2.05) is 36.4 Å². The van der Waals surface area contributed by atoms with Gasteiger partial charge in [0.1, 0.15) is 12.1 Å². The number of ether oxygens (including phenoxy) is 1. The van der Waals surface area contributed by atoms with Crippen LogP contribution in [0.5, 0.6) is 0 Å². The number of morpholine rings is 1. The molecule has 2 aromatic heterocycles. The molecule has 3 heterocycles. The fraction of sp³-hybridized carbons (Fsp3) is 0.300. The van der Waals surface area contributed by atoms with Gasteiger partial charge in [-0.15, -0.1) is 0 Å². The van der Waals surface area contributed by atoms with Crippen LogP contribution >= 0.6 is 0 Å². The Labute approximate surface area is 163 Å². The monoisotopic (exact) mass is 378 g/mol. The first-order valence-electron chi connectivity index (χ1n) is 9.23. The fourth-order valence-electron chi connectivity index (χ4n) is 2.99. The zero-order valence-electron chi connectivity index (χ0n) is 15.4. The number of aliphatic hydroxyl groups is 1. The van der Waals surface area contributed by atoms with E-state index in [4.69, 9.17) is 4.74 Å². The average Bonchev–Trinajstić information content (AvgIpc) is 2.79. The smallest absolute Gasteiger partial charge is 0.225 e. The van der Waals surface area contributed by atoms with E-state index >= 15 is 0 Å². The Morgan fingerprint density at radius 2 is 1.79 bits per heavy atom. The van der Waals surface area contributed by atoms with E-state index in [2.05, 4.69) is 30.2 Å². The molecule has 0 aliphatic carbocycles. The number of anilines is 2. The lowest BCUT2D eigenvalue weighted by Crippen LogP contribution is -2.37. The normalized spacial score (nSPS) is 15.2. The molecule has 1 aliphatic heterocycles. The van der Waals surface area contributed by atoms with E-state index < -0.39 is 6.10 Å². The largest absolute Gasteiger partial charge is 0.387 e. The highest BCUT2D eigenvalue weighted by Gasteiger charge is 2.14. The van der Waals surface area contributed by atoms with Gasteiger partial charge in [0.2, 0.25) is 5.95 Å². The average molecular weight is 378 g/mol. The molecule has 4 rings (SSSR count). The predicted molar refractivity (Wildman–Crippen MR) is 106 cm³/mol. The molecule has 2 N–H and O–H groups in total. The summed E-state index contributed by atoms with van der Waals surface area (Å²) in [6, 6.07) is 11.3. The van der Waals surface area contributed by atoms with Gasteiger partial charge in [-0.25, -0.2) is 19.9 Å². The van der Waals surface area contributed by atoms with Gasteiger partial charge in [-0.05, 0) is 5.56 Å². The standard InChI is InChI=1S/C20H22N6O2/c27-18(15-4-2-1-3-5-15)13-21-19-10-17(24-14-25-19)16-11-22-20(23-12-16)26-6-8-28-9-7-26/h1-5,10-12,14,18,27H,6-9,13H2,(H,21,24,25). The lowest BCUT2D eigenvalue weighted by molar-refractivity contribution is 0.122. The Hall–Kier alpha value is -3.10. The Bertz CT molecular complexity index is 885. The van der Waals surface area contributed by atoms with Gasteiger partial charge in [-0.2, -0.15) is 0 Å². The van der Waals surface area contributed by atoms with Gasteiger partial charge in [0.15, 0.2) is 0 Å². The van der Waals surface area contributed by atoms with Crippen LogP contribution in [-0.2, 0) is 4.74 Å². The molecule has 1 fully saturated rings. The zero-order valence-corrected chi connectivity index (χ0v) is 15.4. The summed E-state index contributed by atoms with van der Waals surface area (Å²) in [6.45, 7) is 3.34. The first kappa shape index (κ1) is 18.3. The molecule has 3 aromatic rings. The highest BCUT2D eigenvalue weighted by Crippen LogP contribution is 2.20. The van der Waals surface area contributed by atoms with Crippen molar-refractivity contribution in [2.75, 3.05) is 43.1 Å². The van der Waals surface area contributed by atoms with Gasteiger partial charge >= 0.3 is 0 Å². The quantitative estimate of drug-likeness (QED) is 0.672. The minimum absolute atomic E-state index is 0.354. The van der Waals surface area contributed by atoms with E-state index in [0.717, 1.165) is 29.9 Å². The summed E-state index contributed by atoms with van der Waals surface area (Å²) in [4.78, 5) is 19.6. The third-order valence-corrected chi connectivity index (χ3v) is 4.56. The maximum atomic E-state index is 10.3. The number of aliphatic hydroxyl groups excluding tert-OH is 1. The van der Waals surface area contributed by atoms with Crippen molar-refractivity contribution >= 4 is 11.8 Å². The van der Waals surface area contributed by atoms with Gasteiger partial charge in [0.25, 0.3) is 0 Å². The van der Waals surface area contributed by atoms with E-state index in [-0.39, 0.29) is 0 Å². The summed E-state index contributed by atoms with van der Waals surface area (Å²) >= 11 is 0. The van der Waals surface area contributed by atoms with Crippen LogP contribution in [-0.4, -0.2) is 57.9 Å². The SMILES string of the molecule is OC(CNc1cc(-c2cnc(N3CCOCC3)nc2)ncn1)c1ccccc1. The summed E-state index contributed by atoms with van der Waals surface area (Å²) in [5.41, 5.74) is 2.39. The molecule has 0 radical (unpaired) electrons. The number of aromatic nitrogens is 4. The highest BCUT2D eigenvalue weighted by molar-refractivity contribution is 5.61. The van der Waals surface area contributed by atoms with Crippen LogP contribution in [0.4, 0.5) is 11.8 Å². The first-order valence-corrected chi connectivity index (χ1v) is 9.23. The Morgan fingerprint density at radius 3 is 2.54 bits per heavy atom. The van der Waals surface area contributed by atoms with E-state index in [1.165, 1.54) is 6.33 Å². The molecule has 1 aromatic carbocycles. The van der Waals surface area contributed by atoms with Crippen molar-refractivity contribution < 1.29 is 9.84 Å². The zero-order chi connectivity index (χ0) is 19.2. The van der Waals surface area contributed by atoms with Crippen molar-refractivity contribution in [3.8, 4) is 11.3 Å². The Balaban J connectivity index is 1.41. The maximum absolute atomic E-state index is 10.3. The van der Waals surface area contributed by atoms with Gasteiger partial charge in [0.05, 0.1) is 25.0 Å². The molecule has 1 unspecified atom stereocenters. The lowest BCUT2D eigenvalue weighted by Gasteiger charge is -2.26. The van der Waals surface area contributed by atoms with Crippen molar-refractivity contribution in [3.05, 3.63) is 60.7 Å². The second kappa shape index (κ2) is 8.73. The van der Waals surface area contributed by atoms with E-state index in [1.54, 1.807) is 12.4 Å². The number of nitrogens with zero attached hydrogens (tertiary/aromatic N) is 5. The number of hydrogen-bond acceptors (Lipinski definition) is 8. The van der Waals surface area contributed by atoms with Crippen molar-refractivity contribution in [1.82, 2.24) is 19.9 Å². The number of hydrogen-bond donors (Lipinski definition) is 2. The molecule has 8 nitrogen and oxygen atoms in total. The molecular formula is C20H22N6O2. The van der Waals surface area contributed by atoms with Crippen LogP contribution in [0.3, 0.4) is 0 Å². The van der Waals surface area contributed by atoms with Crippen LogP contribution in [0.15, 0.2) is 55.1 Å². The minimum Gasteiger partial charge on any atom is -0.387 e. The number of nitrogens with one attached hydrogen (secondary N) is 1. The van der Waals surface area contributed by atoms with E-state index in [0.29, 0.717) is 31.5 Å². The third-order valence-electron chi connectivity index (χ3n) is 4.56. The maximum Gasteiger partial charge on any atom is 0.225 e. The molecule has 0 saturated carbocycles. The van der Waals surface area contributed by atoms with Crippen LogP contribution in [0.25, 0.3) is 11.3 Å². The first-order chi connectivity index (χ1) is 13.8. The van der Waals surface area contributed by atoms with Gasteiger partial charge in [0, 0.05) is 43.7 Å². The molecular weight excluding hydrogens is 356 g/mol. The summed E-state index contributed by atoms with van der Waals surface area (Å²) in [5.74, 6) is 1.34. The van der Waals surface area contributed by atoms with Crippen molar-refractivity contribution in [2.45, 2.75) is 6.10 Å². The topological polar surface area (TPSA) is 96.3 Å². The molecule has 1 aliphatic rings. The lowest BCUT2D eigenvalue weighted by atomic mass is 10.1. The van der Waals surface area contributed by atoms with E-state index in [9.17, 15) is 5.11 Å². The molecule has 28 heavy (non-hydrogen) atoms. The fourth-order valence-corrected chi connectivity index (χ4v) is 2.99. The Morgan fingerprint density at radius 1 is 1.04 bits per heavy atom. The molecule has 8 heteroatoms. The molecule has 1 atom stereocenters. The summed E-state index contributed by atoms with van der Waals surface area (Å²) in [7, 11) is 0. The molecule has 0 amide bonds. The van der Waals surface area contributed by atoms with Crippen molar-refractivity contribution in [2.24, 2.45) is 0 Å². The predicted octanol–water partition coefficient (Wildman–Crippen LogP) is 1.92. The summed E-state index contributed by atoms with van der Waals surface area (Å²) < 4.78 is 5.36. The molecule has 0 spiro atoms. The van der Waals surface area contributed by atoms with Gasteiger partial charge in [-0.1, -0.05) is 30.3 Å². The molecule has 144 valence electrons. The van der Waals surface area contributed by atoms with Crippen LogP contribution < -0.4 is 10.2 Å². The minimum atomic E-state index is -0.615. The van der Waals surface area contributed by atoms with Crippen molar-refractivity contribution in [3.63, 3.8) is 0 Å². The number of benzene rings is 1. The number of rotatable bonds is 6. The Kier molecular flexibility index (Phi) is 5.69. The second-order valence-corrected chi connectivity index (χ2v) is 6.47.